The lowest BCUT2D eigenvalue weighted by atomic mass is 9.98. The molecule has 0 aromatic heterocycles. The first-order chi connectivity index (χ1) is 7.18. The van der Waals surface area contributed by atoms with Crippen LogP contribution in [0.15, 0.2) is 0 Å². The average Bonchev–Trinajstić information content (AvgIpc) is 2.69. The molecule has 0 unspecified atom stereocenters. The fourth-order valence-electron chi connectivity index (χ4n) is 2.74. The lowest BCUT2D eigenvalue weighted by Crippen LogP contribution is -2.46. The summed E-state index contributed by atoms with van der Waals surface area (Å²) in [4.78, 5) is 25.3. The van der Waals surface area contributed by atoms with E-state index in [9.17, 15) is 9.59 Å². The van der Waals surface area contributed by atoms with Crippen molar-refractivity contribution in [3.05, 3.63) is 0 Å². The molecule has 0 aromatic rings. The van der Waals surface area contributed by atoms with E-state index in [1.807, 2.05) is 11.8 Å². The quantitative estimate of drug-likeness (QED) is 0.660. The Labute approximate surface area is 90.8 Å². The zero-order chi connectivity index (χ0) is 10.8. The Morgan fingerprint density at radius 1 is 1.33 bits per heavy atom. The fourth-order valence-corrected chi connectivity index (χ4v) is 2.74. The van der Waals surface area contributed by atoms with Crippen LogP contribution in [0.1, 0.15) is 45.4 Å². The van der Waals surface area contributed by atoms with Gasteiger partial charge < -0.3 is 4.90 Å². The van der Waals surface area contributed by atoms with Crippen LogP contribution in [0.3, 0.4) is 0 Å². The lowest BCUT2D eigenvalue weighted by Gasteiger charge is -2.34. The third kappa shape index (κ3) is 2.21. The number of hydrogen-bond acceptors (Lipinski definition) is 2. The van der Waals surface area contributed by atoms with Gasteiger partial charge in [0.1, 0.15) is 5.78 Å². The molecule has 1 saturated carbocycles. The van der Waals surface area contributed by atoms with Gasteiger partial charge in [0.05, 0.1) is 0 Å². The molecule has 2 rings (SSSR count). The summed E-state index contributed by atoms with van der Waals surface area (Å²) >= 11 is 0. The second-order valence-corrected chi connectivity index (χ2v) is 4.85. The van der Waals surface area contributed by atoms with Gasteiger partial charge in [-0.25, -0.2) is 0 Å². The third-order valence-corrected chi connectivity index (χ3v) is 3.67. The Bertz CT molecular complexity index is 269. The van der Waals surface area contributed by atoms with Crippen molar-refractivity contribution in [3.63, 3.8) is 0 Å². The zero-order valence-corrected chi connectivity index (χ0v) is 9.37. The molecule has 1 aliphatic carbocycles. The van der Waals surface area contributed by atoms with E-state index in [-0.39, 0.29) is 12.0 Å². The molecular weight excluding hydrogens is 190 g/mol. The highest BCUT2D eigenvalue weighted by atomic mass is 16.2. The monoisotopic (exact) mass is 209 g/mol. The van der Waals surface area contributed by atoms with Crippen LogP contribution < -0.4 is 0 Å². The number of piperidine rings is 1. The number of likely N-dealkylation sites (tertiary alicyclic amines) is 1. The van der Waals surface area contributed by atoms with Crippen molar-refractivity contribution in [3.8, 4) is 0 Å². The summed E-state index contributed by atoms with van der Waals surface area (Å²) in [5.74, 6) is 0.853. The summed E-state index contributed by atoms with van der Waals surface area (Å²) < 4.78 is 0. The molecule has 2 fully saturated rings. The Hall–Kier alpha value is -0.860. The molecule has 3 heteroatoms. The Morgan fingerprint density at radius 3 is 2.60 bits per heavy atom. The van der Waals surface area contributed by atoms with Gasteiger partial charge in [0.25, 0.3) is 0 Å². The third-order valence-electron chi connectivity index (χ3n) is 3.67. The molecular formula is C12H19NO2. The number of carbonyl (C=O) groups is 2. The van der Waals surface area contributed by atoms with Crippen molar-refractivity contribution < 1.29 is 9.59 Å². The Kier molecular flexibility index (Phi) is 3.08. The molecule has 0 radical (unpaired) electrons. The van der Waals surface area contributed by atoms with Crippen molar-refractivity contribution >= 4 is 11.7 Å². The van der Waals surface area contributed by atoms with Crippen LogP contribution in [0.4, 0.5) is 0 Å². The number of amides is 1. The highest BCUT2D eigenvalue weighted by Gasteiger charge is 2.32. The van der Waals surface area contributed by atoms with E-state index in [0.717, 1.165) is 12.8 Å². The fraction of sp³-hybridized carbons (Fsp3) is 0.833. The molecule has 0 spiro atoms. The van der Waals surface area contributed by atoms with E-state index in [0.29, 0.717) is 31.1 Å². The van der Waals surface area contributed by atoms with Crippen molar-refractivity contribution in [1.82, 2.24) is 4.90 Å². The molecule has 15 heavy (non-hydrogen) atoms. The summed E-state index contributed by atoms with van der Waals surface area (Å²) in [6.45, 7) is 2.64. The smallest absolute Gasteiger partial charge is 0.225 e. The SMILES string of the molecule is C[C@H]1CC(=O)CCN1C(=O)C1CCCC1. The summed E-state index contributed by atoms with van der Waals surface area (Å²) in [6, 6.07) is 0.124. The van der Waals surface area contributed by atoms with Crippen LogP contribution in [-0.2, 0) is 9.59 Å². The van der Waals surface area contributed by atoms with Crippen molar-refractivity contribution in [2.24, 2.45) is 5.92 Å². The van der Waals surface area contributed by atoms with Gasteiger partial charge in [-0.2, -0.15) is 0 Å². The molecule has 84 valence electrons. The second kappa shape index (κ2) is 4.33. The van der Waals surface area contributed by atoms with Gasteiger partial charge >= 0.3 is 0 Å². The molecule has 1 saturated heterocycles. The first kappa shape index (κ1) is 10.7. The Morgan fingerprint density at radius 2 is 2.00 bits per heavy atom. The maximum atomic E-state index is 12.1. The molecule has 1 atom stereocenters. The zero-order valence-electron chi connectivity index (χ0n) is 9.37. The number of hydrogen-bond donors (Lipinski definition) is 0. The van der Waals surface area contributed by atoms with Crippen LogP contribution in [0.2, 0.25) is 0 Å². The average molecular weight is 209 g/mol. The molecule has 0 aromatic carbocycles. The minimum Gasteiger partial charge on any atom is -0.339 e. The van der Waals surface area contributed by atoms with E-state index in [1.165, 1.54) is 12.8 Å². The van der Waals surface area contributed by atoms with Crippen molar-refractivity contribution in [2.45, 2.75) is 51.5 Å². The largest absolute Gasteiger partial charge is 0.339 e. The van der Waals surface area contributed by atoms with E-state index < -0.39 is 0 Å². The predicted molar refractivity (Wildman–Crippen MR) is 57.4 cm³/mol. The minimum atomic E-state index is 0.124. The highest BCUT2D eigenvalue weighted by molar-refractivity contribution is 5.85. The summed E-state index contributed by atoms with van der Waals surface area (Å²) in [6.07, 6.45) is 5.60. The van der Waals surface area contributed by atoms with Gasteiger partial charge in [0.15, 0.2) is 0 Å². The van der Waals surface area contributed by atoms with Crippen molar-refractivity contribution in [2.75, 3.05) is 6.54 Å². The number of carbonyl (C=O) groups excluding carboxylic acids is 2. The highest BCUT2D eigenvalue weighted by Crippen LogP contribution is 2.28. The van der Waals surface area contributed by atoms with Gasteiger partial charge in [-0.1, -0.05) is 12.8 Å². The second-order valence-electron chi connectivity index (χ2n) is 4.85. The number of ketones is 1. The topological polar surface area (TPSA) is 37.4 Å². The molecule has 0 bridgehead atoms. The van der Waals surface area contributed by atoms with Crippen LogP contribution in [-0.4, -0.2) is 29.2 Å². The Balaban J connectivity index is 1.97. The normalized spacial score (nSPS) is 28.5. The standard InChI is InChI=1S/C12H19NO2/c1-9-8-11(14)6-7-13(9)12(15)10-4-2-3-5-10/h9-10H,2-8H2,1H3/t9-/m0/s1. The van der Waals surface area contributed by atoms with Crippen LogP contribution in [0.5, 0.6) is 0 Å². The summed E-state index contributed by atoms with van der Waals surface area (Å²) in [7, 11) is 0. The molecule has 0 N–H and O–H groups in total. The number of nitrogens with zero attached hydrogens (tertiary/aromatic N) is 1. The summed E-state index contributed by atoms with van der Waals surface area (Å²) in [5.41, 5.74) is 0. The van der Waals surface area contributed by atoms with Gasteiger partial charge in [-0.3, -0.25) is 9.59 Å². The van der Waals surface area contributed by atoms with Gasteiger partial charge in [0.2, 0.25) is 5.91 Å². The van der Waals surface area contributed by atoms with Gasteiger partial charge in [-0.05, 0) is 19.8 Å². The van der Waals surface area contributed by atoms with Crippen molar-refractivity contribution in [1.29, 1.82) is 0 Å². The van der Waals surface area contributed by atoms with Gasteiger partial charge in [0, 0.05) is 31.3 Å². The first-order valence-corrected chi connectivity index (χ1v) is 6.00. The summed E-state index contributed by atoms with van der Waals surface area (Å²) in [5, 5.41) is 0. The van der Waals surface area contributed by atoms with Gasteiger partial charge in [-0.15, -0.1) is 0 Å². The molecule has 1 aliphatic heterocycles. The van der Waals surface area contributed by atoms with Crippen LogP contribution >= 0.6 is 0 Å². The van der Waals surface area contributed by atoms with E-state index >= 15 is 0 Å². The maximum Gasteiger partial charge on any atom is 0.225 e. The minimum absolute atomic E-state index is 0.124. The number of Topliss-reactive ketones (excluding diaryl/α,β-unsaturated/α-hetero) is 1. The predicted octanol–water partition coefficient (Wildman–Crippen LogP) is 1.76. The van der Waals surface area contributed by atoms with E-state index in [1.54, 1.807) is 0 Å². The maximum absolute atomic E-state index is 12.1. The van der Waals surface area contributed by atoms with E-state index in [4.69, 9.17) is 0 Å². The first-order valence-electron chi connectivity index (χ1n) is 6.00. The van der Waals surface area contributed by atoms with E-state index in [2.05, 4.69) is 0 Å². The van der Waals surface area contributed by atoms with Crippen LogP contribution in [0.25, 0.3) is 0 Å². The molecule has 1 amide bonds. The van der Waals surface area contributed by atoms with Crippen LogP contribution in [0, 0.1) is 5.92 Å². The molecule has 1 heterocycles. The number of rotatable bonds is 1. The lowest BCUT2D eigenvalue weighted by molar-refractivity contribution is -0.141. The molecule has 2 aliphatic rings. The molecule has 3 nitrogen and oxygen atoms in total.